The molecule has 0 radical (unpaired) electrons. The topological polar surface area (TPSA) is 60.7 Å². The molecular weight excluding hydrogens is 372 g/mol. The van der Waals surface area contributed by atoms with Gasteiger partial charge in [0.25, 0.3) is 5.91 Å². The summed E-state index contributed by atoms with van der Waals surface area (Å²) in [6.45, 7) is 14.5. The fourth-order valence-electron chi connectivity index (χ4n) is 4.04. The van der Waals surface area contributed by atoms with Gasteiger partial charge < -0.3 is 4.74 Å². The second-order valence-electron chi connectivity index (χ2n) is 9.74. The van der Waals surface area contributed by atoms with Crippen LogP contribution in [0.25, 0.3) is 0 Å². The Morgan fingerprint density at radius 1 is 1.32 bits per heavy atom. The van der Waals surface area contributed by atoms with Gasteiger partial charge in [0.15, 0.2) is 0 Å². The van der Waals surface area contributed by atoms with Crippen molar-refractivity contribution in [1.29, 1.82) is 0 Å². The molecule has 0 bridgehead atoms. The van der Waals surface area contributed by atoms with Gasteiger partial charge in [-0.1, -0.05) is 27.2 Å². The van der Waals surface area contributed by atoms with E-state index in [4.69, 9.17) is 4.74 Å². The summed E-state index contributed by atoms with van der Waals surface area (Å²) in [7, 11) is 1.42. The summed E-state index contributed by atoms with van der Waals surface area (Å²) in [4.78, 5) is 30.2. The van der Waals surface area contributed by atoms with Gasteiger partial charge in [0.2, 0.25) is 0 Å². The molecule has 0 aromatic carbocycles. The van der Waals surface area contributed by atoms with Crippen LogP contribution in [-0.2, 0) is 26.3 Å². The Morgan fingerprint density at radius 2 is 1.96 bits per heavy atom. The summed E-state index contributed by atoms with van der Waals surface area (Å²) in [5.41, 5.74) is -0.0645. The highest BCUT2D eigenvalue weighted by molar-refractivity contribution is 7.04. The molecule has 1 heterocycles. The SMILES string of the molecule is CCCCc1cn(C(C)(C)C)sc1=NC(=O)[C@@H]1CC[C@](C)(C(=O)OC)C1(C)C. The van der Waals surface area contributed by atoms with Crippen LogP contribution in [-0.4, -0.2) is 22.9 Å². The van der Waals surface area contributed by atoms with Crippen molar-refractivity contribution in [3.8, 4) is 0 Å². The fraction of sp³-hybridized carbons (Fsp3) is 0.773. The first-order valence-electron chi connectivity index (χ1n) is 10.3. The summed E-state index contributed by atoms with van der Waals surface area (Å²) in [6.07, 6.45) is 6.56. The Bertz CT molecular complexity index is 797. The molecule has 28 heavy (non-hydrogen) atoms. The number of methoxy groups -OCH3 is 1. The summed E-state index contributed by atoms with van der Waals surface area (Å²) in [5, 5.41) is 0. The number of carbonyl (C=O) groups is 2. The van der Waals surface area contributed by atoms with Crippen LogP contribution in [0.4, 0.5) is 0 Å². The van der Waals surface area contributed by atoms with Crippen molar-refractivity contribution in [3.63, 3.8) is 0 Å². The van der Waals surface area contributed by atoms with Crippen LogP contribution < -0.4 is 4.67 Å². The molecule has 0 spiro atoms. The molecule has 2 atom stereocenters. The van der Waals surface area contributed by atoms with Crippen LogP contribution >= 0.6 is 11.5 Å². The highest BCUT2D eigenvalue weighted by Gasteiger charge is 2.58. The number of hydrogen-bond donors (Lipinski definition) is 0. The molecule has 0 unspecified atom stereocenters. The van der Waals surface area contributed by atoms with Crippen LogP contribution in [0.5, 0.6) is 0 Å². The van der Waals surface area contributed by atoms with E-state index in [9.17, 15) is 9.59 Å². The number of rotatable bonds is 5. The van der Waals surface area contributed by atoms with Crippen LogP contribution in [0, 0.1) is 16.7 Å². The second-order valence-corrected chi connectivity index (χ2v) is 10.7. The maximum Gasteiger partial charge on any atom is 0.312 e. The summed E-state index contributed by atoms with van der Waals surface area (Å²) >= 11 is 1.55. The summed E-state index contributed by atoms with van der Waals surface area (Å²) < 4.78 is 8.04. The van der Waals surface area contributed by atoms with Gasteiger partial charge in [0.05, 0.1) is 12.5 Å². The first kappa shape index (κ1) is 22.9. The van der Waals surface area contributed by atoms with Gasteiger partial charge in [-0.25, -0.2) is 4.99 Å². The zero-order chi connectivity index (χ0) is 21.3. The van der Waals surface area contributed by atoms with Crippen LogP contribution in [0.15, 0.2) is 11.2 Å². The molecule has 1 aromatic rings. The smallest absolute Gasteiger partial charge is 0.312 e. The Balaban J connectivity index is 2.41. The van der Waals surface area contributed by atoms with E-state index in [-0.39, 0.29) is 23.3 Å². The van der Waals surface area contributed by atoms with Crippen LogP contribution in [0.3, 0.4) is 0 Å². The number of carbonyl (C=O) groups excluding carboxylic acids is 2. The lowest BCUT2D eigenvalue weighted by atomic mass is 9.65. The lowest BCUT2D eigenvalue weighted by Gasteiger charge is -2.38. The van der Waals surface area contributed by atoms with E-state index in [1.54, 1.807) is 11.5 Å². The van der Waals surface area contributed by atoms with Crippen molar-refractivity contribution in [2.24, 2.45) is 21.7 Å². The maximum atomic E-state index is 13.2. The van der Waals surface area contributed by atoms with Gasteiger partial charge in [-0.2, -0.15) is 0 Å². The van der Waals surface area contributed by atoms with Crippen molar-refractivity contribution in [1.82, 2.24) is 3.96 Å². The van der Waals surface area contributed by atoms with E-state index in [0.717, 1.165) is 29.5 Å². The first-order chi connectivity index (χ1) is 12.9. The molecule has 1 aliphatic carbocycles. The number of esters is 1. The predicted molar refractivity (Wildman–Crippen MR) is 113 cm³/mol. The maximum absolute atomic E-state index is 13.2. The Morgan fingerprint density at radius 3 is 2.50 bits per heavy atom. The standard InChI is InChI=1S/C22H36N2O3S/c1-9-10-11-15-14-24(20(2,3)4)28-18(15)23-17(25)16-12-13-22(7,19(26)27-8)21(16,5)6/h14,16H,9-13H2,1-8H3/t16-,22+/m0/s1. The van der Waals surface area contributed by atoms with Gasteiger partial charge >= 0.3 is 5.97 Å². The normalized spacial score (nSPS) is 25.1. The van der Waals surface area contributed by atoms with Gasteiger partial charge in [0, 0.05) is 23.2 Å². The largest absolute Gasteiger partial charge is 0.469 e. The fourth-order valence-corrected chi connectivity index (χ4v) is 5.08. The molecule has 1 aromatic heterocycles. The number of amides is 1. The van der Waals surface area contributed by atoms with Crippen LogP contribution in [0.2, 0.25) is 0 Å². The Hall–Kier alpha value is -1.43. The molecule has 5 nitrogen and oxygen atoms in total. The average molecular weight is 409 g/mol. The molecule has 2 rings (SSSR count). The number of ether oxygens (including phenoxy) is 1. The monoisotopic (exact) mass is 408 g/mol. The molecule has 1 aliphatic rings. The number of hydrogen-bond acceptors (Lipinski definition) is 4. The molecular formula is C22H36N2O3S. The second kappa shape index (κ2) is 8.13. The molecule has 1 amide bonds. The van der Waals surface area contributed by atoms with E-state index in [2.05, 4.69) is 42.8 Å². The number of nitrogens with zero attached hydrogens (tertiary/aromatic N) is 2. The molecule has 6 heteroatoms. The predicted octanol–water partition coefficient (Wildman–Crippen LogP) is 4.69. The summed E-state index contributed by atoms with van der Waals surface area (Å²) in [6, 6.07) is 0. The lowest BCUT2D eigenvalue weighted by molar-refractivity contribution is -0.158. The molecule has 0 saturated heterocycles. The van der Waals surface area contributed by atoms with E-state index < -0.39 is 10.8 Å². The average Bonchev–Trinajstić information content (AvgIpc) is 3.11. The summed E-state index contributed by atoms with van der Waals surface area (Å²) in [5.74, 6) is -0.628. The van der Waals surface area contributed by atoms with E-state index in [1.807, 2.05) is 20.8 Å². The van der Waals surface area contributed by atoms with Crippen molar-refractivity contribution < 1.29 is 14.3 Å². The van der Waals surface area contributed by atoms with Crippen molar-refractivity contribution in [2.75, 3.05) is 7.11 Å². The number of aromatic nitrogens is 1. The van der Waals surface area contributed by atoms with E-state index in [1.165, 1.54) is 7.11 Å². The zero-order valence-corrected chi connectivity index (χ0v) is 19.5. The Kier molecular flexibility index (Phi) is 6.64. The van der Waals surface area contributed by atoms with Gasteiger partial charge in [0.1, 0.15) is 4.67 Å². The van der Waals surface area contributed by atoms with Crippen molar-refractivity contribution in [2.45, 2.75) is 86.1 Å². The van der Waals surface area contributed by atoms with Crippen LogP contribution in [0.1, 0.15) is 79.7 Å². The Labute approximate surface area is 173 Å². The third-order valence-electron chi connectivity index (χ3n) is 6.57. The lowest BCUT2D eigenvalue weighted by Crippen LogP contribution is -2.43. The van der Waals surface area contributed by atoms with E-state index >= 15 is 0 Å². The van der Waals surface area contributed by atoms with Crippen molar-refractivity contribution >= 4 is 23.4 Å². The number of aryl methyl sites for hydroxylation is 1. The highest BCUT2D eigenvalue weighted by atomic mass is 32.1. The molecule has 0 aliphatic heterocycles. The molecule has 1 fully saturated rings. The molecule has 0 N–H and O–H groups in total. The minimum Gasteiger partial charge on any atom is -0.469 e. The highest BCUT2D eigenvalue weighted by Crippen LogP contribution is 2.56. The molecule has 158 valence electrons. The quantitative estimate of drug-likeness (QED) is 0.664. The third kappa shape index (κ3) is 4.12. The number of unbranched alkanes of at least 4 members (excludes halogenated alkanes) is 1. The van der Waals surface area contributed by atoms with Gasteiger partial charge in [-0.05, 0) is 70.3 Å². The third-order valence-corrected chi connectivity index (χ3v) is 7.94. The van der Waals surface area contributed by atoms with E-state index in [0.29, 0.717) is 12.8 Å². The zero-order valence-electron chi connectivity index (χ0n) is 18.7. The van der Waals surface area contributed by atoms with Gasteiger partial charge in [-0.3, -0.25) is 13.5 Å². The van der Waals surface area contributed by atoms with Gasteiger partial charge in [-0.15, -0.1) is 0 Å². The minimum absolute atomic E-state index is 0.0431. The van der Waals surface area contributed by atoms with Crippen molar-refractivity contribution in [3.05, 3.63) is 16.4 Å². The minimum atomic E-state index is -0.663. The first-order valence-corrected chi connectivity index (χ1v) is 11.0. The molecule has 1 saturated carbocycles.